The monoisotopic (exact) mass is 624 g/mol. The van der Waals surface area contributed by atoms with Crippen molar-refractivity contribution >= 4 is 0 Å². The summed E-state index contributed by atoms with van der Waals surface area (Å²) in [5.41, 5.74) is 1.09. The third-order valence-electron chi connectivity index (χ3n) is 12.5. The first-order chi connectivity index (χ1) is 17.3. The highest BCUT2D eigenvalue weighted by Crippen LogP contribution is 2.68. The maximum Gasteiger partial charge on any atom is 0.243 e. The van der Waals surface area contributed by atoms with Crippen LogP contribution in [0, 0.1) is 46.3 Å². The summed E-state index contributed by atoms with van der Waals surface area (Å²) in [4.78, 5) is 0. The standard InChI is InChI=1S/C33H57N2O.HI/c1-5-6-7-8-19-34-21-22-35(24-34)20-9-10-25(2)29-13-14-30-28-12-11-26-23-27(36)15-17-32(26,3)31(28)16-18-33(29,30)4;/h21-22,24-31,36H,5-20,23H2,1-4H3;1H/q+1;/p-1/t25-,26-,27-,28+,29-,30+,31+,32+,33-;/m1./s1. The lowest BCUT2D eigenvalue weighted by molar-refractivity contribution is -0.697. The molecule has 4 heteroatoms. The van der Waals surface area contributed by atoms with Gasteiger partial charge in [0.15, 0.2) is 0 Å². The Balaban J connectivity index is 0.00000320. The lowest BCUT2D eigenvalue weighted by Crippen LogP contribution is -3.00. The Morgan fingerprint density at radius 2 is 1.73 bits per heavy atom. The third-order valence-corrected chi connectivity index (χ3v) is 12.5. The number of halogens is 1. The minimum atomic E-state index is -0.0206. The zero-order chi connectivity index (χ0) is 25.3. The minimum Gasteiger partial charge on any atom is -1.00 e. The van der Waals surface area contributed by atoms with E-state index >= 15 is 0 Å². The second-order valence-electron chi connectivity index (χ2n) is 14.4. The van der Waals surface area contributed by atoms with Crippen LogP contribution in [0.15, 0.2) is 18.7 Å². The summed E-state index contributed by atoms with van der Waals surface area (Å²) in [5, 5.41) is 10.3. The quantitative estimate of drug-likeness (QED) is 0.227. The number of aryl methyl sites for hydroxylation is 2. The summed E-state index contributed by atoms with van der Waals surface area (Å²) in [6, 6.07) is 0. The molecule has 1 N–H and O–H groups in total. The van der Waals surface area contributed by atoms with E-state index in [1.54, 1.807) is 0 Å². The van der Waals surface area contributed by atoms with Gasteiger partial charge in [0.1, 0.15) is 12.4 Å². The van der Waals surface area contributed by atoms with E-state index in [-0.39, 0.29) is 30.1 Å². The average Bonchev–Trinajstić information content (AvgIpc) is 3.46. The van der Waals surface area contributed by atoms with Crippen molar-refractivity contribution in [1.82, 2.24) is 4.57 Å². The summed E-state index contributed by atoms with van der Waals surface area (Å²) in [6.07, 6.45) is 27.1. The van der Waals surface area contributed by atoms with Crippen LogP contribution in [0.1, 0.15) is 124 Å². The first kappa shape index (κ1) is 29.9. The van der Waals surface area contributed by atoms with Crippen molar-refractivity contribution in [2.75, 3.05) is 0 Å². The Morgan fingerprint density at radius 3 is 2.54 bits per heavy atom. The Labute approximate surface area is 245 Å². The lowest BCUT2D eigenvalue weighted by Gasteiger charge is -2.61. The van der Waals surface area contributed by atoms with Crippen molar-refractivity contribution in [1.29, 1.82) is 0 Å². The summed E-state index contributed by atoms with van der Waals surface area (Å²) >= 11 is 0. The first-order valence-corrected chi connectivity index (χ1v) is 16.1. The first-order valence-electron chi connectivity index (χ1n) is 16.1. The fourth-order valence-electron chi connectivity index (χ4n) is 10.4. The maximum atomic E-state index is 10.3. The molecule has 4 aliphatic rings. The van der Waals surface area contributed by atoms with Gasteiger partial charge in [-0.25, -0.2) is 9.13 Å². The molecule has 3 nitrogen and oxygen atoms in total. The lowest BCUT2D eigenvalue weighted by atomic mass is 9.44. The second-order valence-corrected chi connectivity index (χ2v) is 14.4. The molecule has 0 unspecified atom stereocenters. The molecule has 1 aromatic rings. The summed E-state index contributed by atoms with van der Waals surface area (Å²) in [6.45, 7) is 12.6. The molecule has 1 aromatic heterocycles. The zero-order valence-electron chi connectivity index (χ0n) is 24.5. The van der Waals surface area contributed by atoms with Gasteiger partial charge in [-0.2, -0.15) is 0 Å². The number of unbranched alkanes of at least 4 members (excludes halogenated alkanes) is 3. The number of nitrogens with zero attached hydrogens (tertiary/aromatic N) is 2. The van der Waals surface area contributed by atoms with E-state index < -0.39 is 0 Å². The predicted octanol–water partition coefficient (Wildman–Crippen LogP) is 4.80. The number of hydrogen-bond donors (Lipinski definition) is 1. The highest BCUT2D eigenvalue weighted by atomic mass is 127. The topological polar surface area (TPSA) is 29.0 Å². The molecule has 0 radical (unpaired) electrons. The SMILES string of the molecule is CCCCCCn1cc[n+](CCC[C@@H](C)[C@H]2CC[C@H]3[C@@H]4CC[C@@H]5C[C@H](O)CC[C@]5(C)[C@H]4CC[C@]23C)c1.[I-]. The van der Waals surface area contributed by atoms with E-state index in [4.69, 9.17) is 0 Å². The van der Waals surface area contributed by atoms with Crippen LogP contribution in [0.4, 0.5) is 0 Å². The van der Waals surface area contributed by atoms with Gasteiger partial charge in [-0.05, 0) is 130 Å². The van der Waals surface area contributed by atoms with Gasteiger partial charge >= 0.3 is 0 Å². The highest BCUT2D eigenvalue weighted by molar-refractivity contribution is 5.09. The summed E-state index contributed by atoms with van der Waals surface area (Å²) in [5.74, 6) is 5.42. The van der Waals surface area contributed by atoms with E-state index in [1.165, 1.54) is 96.6 Å². The molecule has 0 aromatic carbocycles. The average molecular weight is 625 g/mol. The minimum absolute atomic E-state index is 0. The van der Waals surface area contributed by atoms with E-state index in [2.05, 4.69) is 55.6 Å². The van der Waals surface area contributed by atoms with Crippen molar-refractivity contribution in [3.8, 4) is 0 Å². The highest BCUT2D eigenvalue weighted by Gasteiger charge is 2.60. The normalized spacial score (nSPS) is 39.8. The third kappa shape index (κ3) is 6.00. The van der Waals surface area contributed by atoms with Gasteiger partial charge in [0.2, 0.25) is 6.33 Å². The summed E-state index contributed by atoms with van der Waals surface area (Å²) in [7, 11) is 0. The van der Waals surface area contributed by atoms with Crippen molar-refractivity contribution in [2.24, 2.45) is 46.3 Å². The van der Waals surface area contributed by atoms with Gasteiger partial charge in [0.05, 0.1) is 19.2 Å². The number of hydrogen-bond acceptors (Lipinski definition) is 1. The van der Waals surface area contributed by atoms with Gasteiger partial charge in [0, 0.05) is 0 Å². The molecule has 0 bridgehead atoms. The molecule has 4 fully saturated rings. The van der Waals surface area contributed by atoms with Crippen molar-refractivity contribution in [2.45, 2.75) is 143 Å². The Bertz CT molecular complexity index is 855. The number of fused-ring (bicyclic) bond motifs is 5. The van der Waals surface area contributed by atoms with E-state index in [1.807, 2.05) is 0 Å². The van der Waals surface area contributed by atoms with Gasteiger partial charge in [-0.15, -0.1) is 0 Å². The van der Waals surface area contributed by atoms with E-state index in [0.29, 0.717) is 10.8 Å². The zero-order valence-corrected chi connectivity index (χ0v) is 26.7. The molecule has 37 heavy (non-hydrogen) atoms. The van der Waals surface area contributed by atoms with E-state index in [0.717, 1.165) is 48.3 Å². The molecule has 1 heterocycles. The van der Waals surface area contributed by atoms with Crippen LogP contribution in [0.3, 0.4) is 0 Å². The maximum absolute atomic E-state index is 10.3. The molecule has 0 spiro atoms. The molecular formula is C33H57IN2O. The molecular weight excluding hydrogens is 567 g/mol. The van der Waals surface area contributed by atoms with Gasteiger partial charge in [-0.3, -0.25) is 0 Å². The van der Waals surface area contributed by atoms with Crippen LogP contribution in [-0.2, 0) is 13.1 Å². The molecule has 4 aliphatic carbocycles. The van der Waals surface area contributed by atoms with Crippen LogP contribution < -0.4 is 28.5 Å². The largest absolute Gasteiger partial charge is 1.00 e. The second kappa shape index (κ2) is 12.6. The number of imidazole rings is 1. The smallest absolute Gasteiger partial charge is 0.243 e. The van der Waals surface area contributed by atoms with Gasteiger partial charge in [0.25, 0.3) is 0 Å². The molecule has 0 aliphatic heterocycles. The van der Waals surface area contributed by atoms with Crippen LogP contribution in [0.2, 0.25) is 0 Å². The van der Waals surface area contributed by atoms with Crippen molar-refractivity contribution in [3.05, 3.63) is 18.7 Å². The number of rotatable bonds is 10. The Morgan fingerprint density at radius 1 is 0.946 bits per heavy atom. The number of aromatic nitrogens is 2. The van der Waals surface area contributed by atoms with Crippen molar-refractivity contribution < 1.29 is 33.7 Å². The molecule has 0 saturated heterocycles. The van der Waals surface area contributed by atoms with Crippen LogP contribution in [0.25, 0.3) is 0 Å². The van der Waals surface area contributed by atoms with Crippen LogP contribution in [-0.4, -0.2) is 15.8 Å². The van der Waals surface area contributed by atoms with Gasteiger partial charge in [-0.1, -0.05) is 40.5 Å². The Hall–Kier alpha value is -0.100. The number of aliphatic hydroxyl groups excluding tert-OH is 1. The fourth-order valence-corrected chi connectivity index (χ4v) is 10.4. The van der Waals surface area contributed by atoms with Gasteiger partial charge < -0.3 is 29.1 Å². The number of aliphatic hydroxyl groups is 1. The fraction of sp³-hybridized carbons (Fsp3) is 0.909. The van der Waals surface area contributed by atoms with Crippen LogP contribution in [0.5, 0.6) is 0 Å². The molecule has 0 amide bonds. The molecule has 212 valence electrons. The predicted molar refractivity (Wildman–Crippen MR) is 148 cm³/mol. The Kier molecular flexibility index (Phi) is 10.2. The van der Waals surface area contributed by atoms with Crippen LogP contribution >= 0.6 is 0 Å². The molecule has 5 rings (SSSR count). The van der Waals surface area contributed by atoms with Crippen molar-refractivity contribution in [3.63, 3.8) is 0 Å². The summed E-state index contributed by atoms with van der Waals surface area (Å²) < 4.78 is 4.82. The molecule has 9 atom stereocenters. The molecule has 4 saturated carbocycles. The van der Waals surface area contributed by atoms with E-state index in [9.17, 15) is 5.11 Å².